The lowest BCUT2D eigenvalue weighted by Crippen LogP contribution is -2.48. The highest BCUT2D eigenvalue weighted by molar-refractivity contribution is 6.60. The van der Waals surface area contributed by atoms with Crippen molar-refractivity contribution in [1.82, 2.24) is 0 Å². The molecule has 0 spiro atoms. The number of hydrogen-bond donors (Lipinski definition) is 2. The number of rotatable bonds is 15. The van der Waals surface area contributed by atoms with Crippen molar-refractivity contribution in [3.05, 3.63) is 30.3 Å². The van der Waals surface area contributed by atoms with Gasteiger partial charge in [0.1, 0.15) is 6.04 Å². The van der Waals surface area contributed by atoms with Crippen molar-refractivity contribution in [2.75, 3.05) is 31.3 Å². The normalized spacial score (nSPS) is 12.5. The fourth-order valence-corrected chi connectivity index (χ4v) is 5.67. The average Bonchev–Trinajstić information content (AvgIpc) is 2.65. The summed E-state index contributed by atoms with van der Waals surface area (Å²) in [7, 11) is -2.82. The van der Waals surface area contributed by atoms with Gasteiger partial charge in [0.05, 0.1) is 6.42 Å². The Morgan fingerprint density at radius 3 is 2.04 bits per heavy atom. The van der Waals surface area contributed by atoms with Crippen LogP contribution in [0.3, 0.4) is 0 Å². The number of aliphatic carboxylic acids is 1. The minimum atomic E-state index is -2.82. The smallest absolute Gasteiger partial charge is 0.480 e. The van der Waals surface area contributed by atoms with Gasteiger partial charge in [-0.05, 0) is 39.3 Å². The van der Waals surface area contributed by atoms with E-state index in [-0.39, 0.29) is 6.42 Å². The number of anilines is 1. The monoisotopic (exact) mass is 412 g/mol. The number of para-hydroxylation sites is 1. The molecule has 0 fully saturated rings. The van der Waals surface area contributed by atoms with Gasteiger partial charge in [-0.1, -0.05) is 18.2 Å². The number of primary amides is 1. The van der Waals surface area contributed by atoms with E-state index in [9.17, 15) is 14.7 Å². The Kier molecular flexibility index (Phi) is 10.8. The quantitative estimate of drug-likeness (QED) is 0.425. The van der Waals surface area contributed by atoms with Crippen LogP contribution in [0.4, 0.5) is 5.69 Å². The Labute approximate surface area is 167 Å². The van der Waals surface area contributed by atoms with Crippen LogP contribution in [-0.4, -0.2) is 58.2 Å². The zero-order valence-electron chi connectivity index (χ0n) is 16.9. The van der Waals surface area contributed by atoms with E-state index >= 15 is 0 Å². The van der Waals surface area contributed by atoms with E-state index in [4.69, 9.17) is 19.0 Å². The van der Waals surface area contributed by atoms with Crippen molar-refractivity contribution in [3.8, 4) is 0 Å². The van der Waals surface area contributed by atoms with Crippen LogP contribution in [0.1, 0.15) is 33.6 Å². The van der Waals surface area contributed by atoms with Crippen molar-refractivity contribution < 1.29 is 28.0 Å². The maximum absolute atomic E-state index is 11.8. The lowest BCUT2D eigenvalue weighted by atomic mass is 10.1. The van der Waals surface area contributed by atoms with Gasteiger partial charge < -0.3 is 29.0 Å². The summed E-state index contributed by atoms with van der Waals surface area (Å²) in [5.41, 5.74) is 6.00. The molecule has 0 bridgehead atoms. The molecule has 1 rings (SSSR count). The summed E-state index contributed by atoms with van der Waals surface area (Å²) in [6.45, 7) is 7.52. The zero-order chi connectivity index (χ0) is 21.0. The van der Waals surface area contributed by atoms with Crippen LogP contribution >= 0.6 is 0 Å². The SMILES string of the molecule is CCO[Si](CCCN(c1ccccc1)[C@@H](CC(N)=O)C(=O)O)(OCC)OCC. The van der Waals surface area contributed by atoms with Crippen molar-refractivity contribution in [2.45, 2.75) is 45.7 Å². The number of benzene rings is 1. The molecular weight excluding hydrogens is 380 g/mol. The van der Waals surface area contributed by atoms with Gasteiger partial charge in [0, 0.05) is 38.1 Å². The van der Waals surface area contributed by atoms with E-state index < -0.39 is 26.7 Å². The third-order valence-electron chi connectivity index (χ3n) is 4.12. The predicted molar refractivity (Wildman–Crippen MR) is 109 cm³/mol. The maximum atomic E-state index is 11.8. The molecular formula is C19H32N2O6Si. The average molecular weight is 413 g/mol. The molecule has 0 unspecified atom stereocenters. The Balaban J connectivity index is 2.99. The van der Waals surface area contributed by atoms with Gasteiger partial charge in [0.15, 0.2) is 0 Å². The molecule has 0 saturated heterocycles. The first-order valence-electron chi connectivity index (χ1n) is 9.63. The second kappa shape index (κ2) is 12.5. The first-order valence-corrected chi connectivity index (χ1v) is 11.6. The summed E-state index contributed by atoms with van der Waals surface area (Å²) < 4.78 is 17.6. The molecule has 1 atom stereocenters. The second-order valence-electron chi connectivity index (χ2n) is 6.14. The molecule has 0 aliphatic rings. The lowest BCUT2D eigenvalue weighted by molar-refractivity contribution is -0.140. The van der Waals surface area contributed by atoms with Gasteiger partial charge in [-0.3, -0.25) is 4.79 Å². The highest BCUT2D eigenvalue weighted by Gasteiger charge is 2.40. The van der Waals surface area contributed by atoms with Crippen LogP contribution in [0.2, 0.25) is 6.04 Å². The van der Waals surface area contributed by atoms with Crippen LogP contribution in [0.5, 0.6) is 0 Å². The number of amides is 1. The predicted octanol–water partition coefficient (Wildman–Crippen LogP) is 2.26. The summed E-state index contributed by atoms with van der Waals surface area (Å²) in [6, 6.07) is 8.64. The van der Waals surface area contributed by atoms with Crippen LogP contribution in [0.25, 0.3) is 0 Å². The molecule has 1 aromatic carbocycles. The third kappa shape index (κ3) is 7.59. The molecule has 0 aliphatic carbocycles. The lowest BCUT2D eigenvalue weighted by Gasteiger charge is -2.32. The number of nitrogens with two attached hydrogens (primary N) is 1. The van der Waals surface area contributed by atoms with Gasteiger partial charge in [-0.25, -0.2) is 4.79 Å². The molecule has 1 aromatic rings. The Hall–Kier alpha value is -1.94. The van der Waals surface area contributed by atoms with Gasteiger partial charge >= 0.3 is 14.8 Å². The highest BCUT2D eigenvalue weighted by atomic mass is 28.4. The van der Waals surface area contributed by atoms with Crippen molar-refractivity contribution >= 4 is 26.4 Å². The van der Waals surface area contributed by atoms with Crippen LogP contribution in [0, 0.1) is 0 Å². The molecule has 0 aliphatic heterocycles. The first-order chi connectivity index (χ1) is 13.4. The van der Waals surface area contributed by atoms with Crippen molar-refractivity contribution in [3.63, 3.8) is 0 Å². The topological polar surface area (TPSA) is 111 Å². The van der Waals surface area contributed by atoms with Crippen LogP contribution in [-0.2, 0) is 22.9 Å². The minimum Gasteiger partial charge on any atom is -0.480 e. The number of nitrogens with zero attached hydrogens (tertiary/aromatic N) is 1. The molecule has 158 valence electrons. The van der Waals surface area contributed by atoms with Crippen LogP contribution in [0.15, 0.2) is 30.3 Å². The van der Waals surface area contributed by atoms with E-state index in [1.165, 1.54) is 0 Å². The molecule has 0 heterocycles. The van der Waals surface area contributed by atoms with Crippen LogP contribution < -0.4 is 10.6 Å². The molecule has 8 nitrogen and oxygen atoms in total. The molecule has 0 aromatic heterocycles. The standard InChI is InChI=1S/C19H32N2O6Si/c1-4-25-28(26-5-2,27-6-3)14-10-13-21(16-11-8-7-9-12-16)17(19(23)24)15-18(20)22/h7-9,11-12,17H,4-6,10,13-15H2,1-3H3,(H2,20,22)(H,23,24)/t17-/m0/s1. The Morgan fingerprint density at radius 2 is 1.61 bits per heavy atom. The number of carboxylic acid groups (broad SMARTS) is 1. The number of carbonyl (C=O) groups is 2. The number of carboxylic acids is 1. The number of carbonyl (C=O) groups excluding carboxylic acids is 1. The molecule has 1 amide bonds. The minimum absolute atomic E-state index is 0.269. The van der Waals surface area contributed by atoms with E-state index in [0.717, 1.165) is 0 Å². The first kappa shape index (κ1) is 24.1. The third-order valence-corrected chi connectivity index (χ3v) is 7.27. The highest BCUT2D eigenvalue weighted by Crippen LogP contribution is 2.23. The van der Waals surface area contributed by atoms with E-state index in [1.807, 2.05) is 51.1 Å². The van der Waals surface area contributed by atoms with Gasteiger partial charge in [0.2, 0.25) is 5.91 Å². The van der Waals surface area contributed by atoms with Crippen molar-refractivity contribution in [1.29, 1.82) is 0 Å². The molecule has 3 N–H and O–H groups in total. The fourth-order valence-electron chi connectivity index (χ4n) is 3.07. The van der Waals surface area contributed by atoms with Gasteiger partial charge in [-0.15, -0.1) is 0 Å². The van der Waals surface area contributed by atoms with Crippen molar-refractivity contribution in [2.24, 2.45) is 5.73 Å². The molecule has 0 saturated carbocycles. The largest absolute Gasteiger partial charge is 0.500 e. The summed E-state index contributed by atoms with van der Waals surface area (Å²) >= 11 is 0. The van der Waals surface area contributed by atoms with E-state index in [0.29, 0.717) is 44.5 Å². The van der Waals surface area contributed by atoms with E-state index in [1.54, 1.807) is 4.90 Å². The molecule has 9 heteroatoms. The zero-order valence-corrected chi connectivity index (χ0v) is 17.9. The van der Waals surface area contributed by atoms with Gasteiger partial charge in [-0.2, -0.15) is 0 Å². The molecule has 0 radical (unpaired) electrons. The number of hydrogen-bond acceptors (Lipinski definition) is 6. The fraction of sp³-hybridized carbons (Fsp3) is 0.579. The summed E-state index contributed by atoms with van der Waals surface area (Å²) in [5, 5.41) is 9.65. The Bertz CT molecular complexity index is 584. The molecule has 28 heavy (non-hydrogen) atoms. The summed E-state index contributed by atoms with van der Waals surface area (Å²) in [4.78, 5) is 24.9. The second-order valence-corrected chi connectivity index (χ2v) is 8.87. The summed E-state index contributed by atoms with van der Waals surface area (Å²) in [6.07, 6.45) is 0.318. The maximum Gasteiger partial charge on any atom is 0.500 e. The van der Waals surface area contributed by atoms with Gasteiger partial charge in [0.25, 0.3) is 0 Å². The Morgan fingerprint density at radius 1 is 1.07 bits per heavy atom. The van der Waals surface area contributed by atoms with E-state index in [2.05, 4.69) is 0 Å². The summed E-state index contributed by atoms with van der Waals surface area (Å²) in [5.74, 6) is -1.75.